The van der Waals surface area contributed by atoms with Gasteiger partial charge in [-0.1, -0.05) is 128 Å². The minimum atomic E-state index is -2.67. The molecule has 4 aliphatic heterocycles. The average Bonchev–Trinajstić information content (AvgIpc) is 1.56. The first-order valence-corrected chi connectivity index (χ1v) is 41.4. The zero-order chi connectivity index (χ0) is 78.7. The molecule has 0 bridgehead atoms. The van der Waals surface area contributed by atoms with Gasteiger partial charge in [-0.3, -0.25) is 33.6 Å². The number of nitrogens with one attached hydrogen (secondary N) is 1. The molecular formula is C86H111N5O17Si. The van der Waals surface area contributed by atoms with Gasteiger partial charge < -0.3 is 52.7 Å². The fraction of sp³-hybridized carbons (Fsp3) is 0.512. The van der Waals surface area contributed by atoms with Crippen molar-refractivity contribution in [3.63, 3.8) is 0 Å². The number of hydrogen-bond acceptors (Lipinski definition) is 17. The van der Waals surface area contributed by atoms with Crippen LogP contribution >= 0.6 is 0 Å². The molecule has 1 saturated heterocycles. The number of Topliss-reactive ketones (excluding diaryl/α,β-unsaturated/α-hetero) is 2. The number of benzene rings is 4. The number of methoxy groups -OCH3 is 1. The van der Waals surface area contributed by atoms with Crippen molar-refractivity contribution < 1.29 is 80.7 Å². The van der Waals surface area contributed by atoms with E-state index in [4.69, 9.17) is 37.6 Å². The second-order valence-electron chi connectivity index (χ2n) is 31.4. The van der Waals surface area contributed by atoms with Gasteiger partial charge in [-0.05, 0) is 184 Å². The number of carbonyl (C=O) groups excluding carboxylic acids is 9. The van der Waals surface area contributed by atoms with Crippen molar-refractivity contribution in [1.82, 2.24) is 15.1 Å². The van der Waals surface area contributed by atoms with Crippen LogP contribution in [0.5, 0.6) is 17.2 Å². The van der Waals surface area contributed by atoms with Crippen LogP contribution in [-0.2, 0) is 73.2 Å². The number of ether oxygens (including phenoxy) is 7. The summed E-state index contributed by atoms with van der Waals surface area (Å²) in [6.07, 6.45) is 14.1. The van der Waals surface area contributed by atoms with E-state index in [1.165, 1.54) is 18.2 Å². The Balaban J connectivity index is 0.802. The molecular weight excluding hydrogens is 1400 g/mol. The van der Waals surface area contributed by atoms with Gasteiger partial charge in [0.05, 0.1) is 50.1 Å². The summed E-state index contributed by atoms with van der Waals surface area (Å²) < 4.78 is 47.6. The fourth-order valence-electron chi connectivity index (χ4n) is 14.1. The number of carbonyl (C=O) groups is 9. The molecule has 22 nitrogen and oxygen atoms in total. The first-order valence-electron chi connectivity index (χ1n) is 38.5. The summed E-state index contributed by atoms with van der Waals surface area (Å²) in [4.78, 5) is 131. The van der Waals surface area contributed by atoms with E-state index in [1.54, 1.807) is 55.3 Å². The van der Waals surface area contributed by atoms with Crippen molar-refractivity contribution in [2.24, 2.45) is 22.2 Å². The molecule has 5 amide bonds. The number of aryl methyl sites for hydroxylation is 3. The minimum Gasteiger partial charge on any atom is -0.493 e. The highest BCUT2D eigenvalue weighted by molar-refractivity contribution is 6.74. The number of unbranched alkanes of at least 4 members (excludes halogenated alkanes) is 4. The van der Waals surface area contributed by atoms with Crippen LogP contribution in [0.4, 0.5) is 15.3 Å². The maximum atomic E-state index is 15.2. The van der Waals surface area contributed by atoms with E-state index in [-0.39, 0.29) is 110 Å². The second kappa shape index (κ2) is 38.2. The van der Waals surface area contributed by atoms with Crippen LogP contribution in [0.3, 0.4) is 0 Å². The number of rotatable bonds is 39. The first-order chi connectivity index (χ1) is 52.0. The predicted octanol–water partition coefficient (Wildman–Crippen LogP) is 15.7. The number of esters is 2. The third kappa shape index (κ3) is 22.4. The molecule has 4 aromatic carbocycles. The van der Waals surface area contributed by atoms with E-state index in [1.807, 2.05) is 73.2 Å². The summed E-state index contributed by atoms with van der Waals surface area (Å²) in [6.45, 7) is 30.1. The molecule has 1 N–H and O–H groups in total. The fourth-order valence-corrected chi connectivity index (χ4v) is 15.3. The smallest absolute Gasteiger partial charge is 0.433 e. The maximum absolute atomic E-state index is 15.2. The van der Waals surface area contributed by atoms with Crippen molar-refractivity contribution in [1.29, 1.82) is 0 Å². The van der Waals surface area contributed by atoms with Gasteiger partial charge in [-0.2, -0.15) is 4.99 Å². The number of aliphatic imine (C=N–C) groups is 1. The molecule has 0 aromatic heterocycles. The zero-order valence-electron chi connectivity index (χ0n) is 65.4. The van der Waals surface area contributed by atoms with Gasteiger partial charge in [0, 0.05) is 67.7 Å². The Morgan fingerprint density at radius 3 is 2.03 bits per heavy atom. The largest absolute Gasteiger partial charge is 0.493 e. The van der Waals surface area contributed by atoms with Gasteiger partial charge in [0.25, 0.3) is 11.8 Å². The molecule has 1 aliphatic carbocycles. The topological polar surface area (TPSA) is 262 Å². The Kier molecular flexibility index (Phi) is 29.3. The molecule has 2 fully saturated rings. The molecule has 4 aromatic rings. The SMILES string of the molecule is C=CCOC(=O)CCCCCC(=O)C[C@H](C(=O)N[C@@H](C)C(=O)Cc1ccc(COC(=O)N2c3cc(OCCCCCOc4cc5c(cc4OC)C(=O)N4C=C(c6ccc(CCC(CC(=O)OCC=C)=NC(=O)OCC=C)cc6)C[C@H]4CC5)c(C)cc3C(=O)N3CC4(CC4)C[C@H]3C2O[Si](C)(C)C(C)(C)C)cc1)C(C)C. The number of amides is 5. The van der Waals surface area contributed by atoms with Gasteiger partial charge in [0.15, 0.2) is 31.8 Å². The van der Waals surface area contributed by atoms with Crippen LogP contribution in [0, 0.1) is 24.2 Å². The van der Waals surface area contributed by atoms with Crippen LogP contribution in [0.25, 0.3) is 5.57 Å². The number of hydrogen-bond donors (Lipinski definition) is 1. The molecule has 586 valence electrons. The number of nitrogens with zero attached hydrogens (tertiary/aromatic N) is 4. The standard InChI is InChI=1S/C86H111N5O17Si/c1-14-39-104-77(94)24-20-17-19-23-67(92)49-68(56(4)5)79(96)87-58(7)73(93)45-60-25-27-61(28-26-60)54-107-84(100)91-71-51-74(57(6)44-70(71)81(98)90-55-86(37-38-86)52-72(90)82(91)108-109(12,13)85(8,9)10)102-42-21-18-22-43-103-76-47-63-34-36-66-46-64(53-89(66)80(97)69(63)50-75(76)101-11)62-32-29-59(30-33-62)31-35-65(48-78(95)105-40-15-2)88-83(99)106-41-16-3/h14-16,25-30,32-33,44,47,50-51,53,56,58,66,68,72,82H,1-3,17-24,31,34-43,45-46,48-49,52,54-55H2,4-13H3,(H,87,96)/t58-,66+,68-,72-,82?/m0/s1. The molecule has 5 aliphatic rings. The Bertz CT molecular complexity index is 4060. The van der Waals surface area contributed by atoms with Gasteiger partial charge in [0.2, 0.25) is 5.91 Å². The summed E-state index contributed by atoms with van der Waals surface area (Å²) in [5.74, 6) is -0.924. The van der Waals surface area contributed by atoms with Crippen molar-refractivity contribution in [3.8, 4) is 17.2 Å². The molecule has 5 atom stereocenters. The lowest BCUT2D eigenvalue weighted by Crippen LogP contribution is -2.58. The molecule has 0 radical (unpaired) electrons. The highest BCUT2D eigenvalue weighted by Gasteiger charge is 2.60. The summed E-state index contributed by atoms with van der Waals surface area (Å²) in [7, 11) is -1.10. The van der Waals surface area contributed by atoms with E-state index >= 15 is 9.59 Å². The van der Waals surface area contributed by atoms with Crippen LogP contribution in [0.15, 0.2) is 122 Å². The summed E-state index contributed by atoms with van der Waals surface area (Å²) >= 11 is 0. The molecule has 1 saturated carbocycles. The lowest BCUT2D eigenvalue weighted by molar-refractivity contribution is -0.143. The predicted molar refractivity (Wildman–Crippen MR) is 420 cm³/mol. The van der Waals surface area contributed by atoms with Gasteiger partial charge in [0.1, 0.15) is 38.0 Å². The zero-order valence-corrected chi connectivity index (χ0v) is 66.4. The van der Waals surface area contributed by atoms with Crippen LogP contribution in [0.2, 0.25) is 18.1 Å². The Labute approximate surface area is 643 Å². The van der Waals surface area contributed by atoms with E-state index in [0.29, 0.717) is 141 Å². The summed E-state index contributed by atoms with van der Waals surface area (Å²) in [5, 5.41) is 2.60. The number of fused-ring (bicyclic) bond motifs is 4. The Hall–Kier alpha value is -9.48. The van der Waals surface area contributed by atoms with Crippen LogP contribution in [0.1, 0.15) is 198 Å². The third-order valence-electron chi connectivity index (χ3n) is 21.8. The van der Waals surface area contributed by atoms with Crippen molar-refractivity contribution in [2.45, 2.75) is 220 Å². The summed E-state index contributed by atoms with van der Waals surface area (Å²) in [6, 6.07) is 21.3. The van der Waals surface area contributed by atoms with Crippen LogP contribution < -0.4 is 24.4 Å². The molecule has 23 heteroatoms. The highest BCUT2D eigenvalue weighted by Crippen LogP contribution is 2.58. The lowest BCUT2D eigenvalue weighted by Gasteiger charge is -2.44. The quantitative estimate of drug-likeness (QED) is 0.0109. The monoisotopic (exact) mass is 1510 g/mol. The highest BCUT2D eigenvalue weighted by atomic mass is 28.4. The van der Waals surface area contributed by atoms with E-state index in [2.05, 4.69) is 63.9 Å². The van der Waals surface area contributed by atoms with E-state index in [0.717, 1.165) is 53.5 Å². The molecule has 4 heterocycles. The lowest BCUT2D eigenvalue weighted by atomic mass is 9.88. The second-order valence-corrected chi connectivity index (χ2v) is 36.2. The minimum absolute atomic E-state index is 0.00197. The number of anilines is 1. The van der Waals surface area contributed by atoms with Crippen molar-refractivity contribution >= 4 is 78.7 Å². The van der Waals surface area contributed by atoms with Crippen LogP contribution in [-0.4, -0.2) is 148 Å². The molecule has 9 rings (SSSR count). The molecule has 1 unspecified atom stereocenters. The van der Waals surface area contributed by atoms with E-state index in [9.17, 15) is 33.6 Å². The Morgan fingerprint density at radius 1 is 0.725 bits per heavy atom. The van der Waals surface area contributed by atoms with Gasteiger partial charge >= 0.3 is 24.1 Å². The third-order valence-corrected chi connectivity index (χ3v) is 26.2. The number of ketones is 2. The van der Waals surface area contributed by atoms with Gasteiger partial charge in [-0.15, -0.1) is 0 Å². The maximum Gasteiger partial charge on any atom is 0.433 e. The summed E-state index contributed by atoms with van der Waals surface area (Å²) in [5.41, 5.74) is 7.59. The van der Waals surface area contributed by atoms with Crippen molar-refractivity contribution in [2.75, 3.05) is 51.6 Å². The molecule has 109 heavy (non-hydrogen) atoms. The first kappa shape index (κ1) is 83.6. The van der Waals surface area contributed by atoms with Crippen molar-refractivity contribution in [3.05, 3.63) is 161 Å². The normalized spacial score (nSPS) is 17.6. The van der Waals surface area contributed by atoms with E-state index < -0.39 is 50.7 Å². The average molecular weight is 1510 g/mol. The molecule has 1 spiro atoms. The van der Waals surface area contributed by atoms with Gasteiger partial charge in [-0.25, -0.2) is 14.5 Å². The Morgan fingerprint density at radius 2 is 1.37 bits per heavy atom.